The molecule has 1 aromatic rings. The van der Waals surface area contributed by atoms with Gasteiger partial charge in [0.15, 0.2) is 0 Å². The van der Waals surface area contributed by atoms with Crippen LogP contribution < -0.4 is 0 Å². The Hall–Kier alpha value is -0.670. The van der Waals surface area contributed by atoms with E-state index in [0.717, 1.165) is 32.4 Å². The maximum absolute atomic E-state index is 12.7. The molecule has 2 nitrogen and oxygen atoms in total. The normalized spacial score (nSPS) is 25.6. The molecule has 2 aliphatic heterocycles. The summed E-state index contributed by atoms with van der Waals surface area (Å²) in [4.78, 5) is 16.0. The molecule has 1 fully saturated rings. The summed E-state index contributed by atoms with van der Waals surface area (Å²) in [5.74, 6) is 1.63. The van der Waals surface area contributed by atoms with Crippen LogP contribution in [0.5, 0.6) is 0 Å². The highest BCUT2D eigenvalue weighted by molar-refractivity contribution is 8.01. The minimum atomic E-state index is 0.0853. The van der Waals surface area contributed by atoms with E-state index in [1.165, 1.54) is 16.9 Å². The van der Waals surface area contributed by atoms with Gasteiger partial charge in [-0.05, 0) is 43.2 Å². The maximum atomic E-state index is 12.7. The second kappa shape index (κ2) is 6.40. The number of benzene rings is 1. The number of halogens is 1. The number of rotatable bonds is 3. The van der Waals surface area contributed by atoms with Crippen molar-refractivity contribution in [2.24, 2.45) is 5.92 Å². The van der Waals surface area contributed by atoms with Crippen molar-refractivity contribution in [2.75, 3.05) is 19.0 Å². The Kier molecular flexibility index (Phi) is 4.57. The average molecular weight is 310 g/mol. The lowest BCUT2D eigenvalue weighted by Crippen LogP contribution is -2.44. The summed E-state index contributed by atoms with van der Waals surface area (Å²) in [5, 5.41) is 0.0853. The van der Waals surface area contributed by atoms with Crippen molar-refractivity contribution in [3.63, 3.8) is 0 Å². The van der Waals surface area contributed by atoms with E-state index in [4.69, 9.17) is 11.6 Å². The smallest absolute Gasteiger partial charge is 0.236 e. The van der Waals surface area contributed by atoms with Gasteiger partial charge in [-0.1, -0.05) is 18.2 Å². The third-order valence-corrected chi connectivity index (χ3v) is 5.79. The zero-order valence-electron chi connectivity index (χ0n) is 11.6. The van der Waals surface area contributed by atoms with Crippen molar-refractivity contribution >= 4 is 29.3 Å². The van der Waals surface area contributed by atoms with E-state index in [0.29, 0.717) is 17.7 Å². The molecular formula is C16H20ClNOS. The Balaban J connectivity index is 1.63. The average Bonchev–Trinajstić information content (AvgIpc) is 2.91. The first-order valence-corrected chi connectivity index (χ1v) is 8.78. The van der Waals surface area contributed by atoms with E-state index >= 15 is 0 Å². The number of nitrogens with zero attached hydrogens (tertiary/aromatic N) is 1. The lowest BCUT2D eigenvalue weighted by Gasteiger charge is -2.34. The van der Waals surface area contributed by atoms with Gasteiger partial charge in [-0.25, -0.2) is 0 Å². The summed E-state index contributed by atoms with van der Waals surface area (Å²) in [6.45, 7) is 1.82. The molecule has 3 rings (SSSR count). The van der Waals surface area contributed by atoms with Gasteiger partial charge in [0.25, 0.3) is 0 Å². The predicted octanol–water partition coefficient (Wildman–Crippen LogP) is 3.57. The molecule has 1 amide bonds. The van der Waals surface area contributed by atoms with Crippen LogP contribution in [0.3, 0.4) is 0 Å². The van der Waals surface area contributed by atoms with Gasteiger partial charge >= 0.3 is 0 Å². The third kappa shape index (κ3) is 2.99. The van der Waals surface area contributed by atoms with Gasteiger partial charge in [-0.15, -0.1) is 23.4 Å². The van der Waals surface area contributed by atoms with Gasteiger partial charge in [-0.3, -0.25) is 4.79 Å². The zero-order chi connectivity index (χ0) is 13.9. The molecule has 2 atom stereocenters. The van der Waals surface area contributed by atoms with Crippen LogP contribution in [0.2, 0.25) is 0 Å². The second-order valence-electron chi connectivity index (χ2n) is 5.69. The number of fused-ring (bicyclic) bond motifs is 1. The number of amides is 1. The van der Waals surface area contributed by atoms with Crippen molar-refractivity contribution in [3.05, 3.63) is 29.8 Å². The highest BCUT2D eigenvalue weighted by atomic mass is 35.5. The van der Waals surface area contributed by atoms with Crippen LogP contribution in [-0.4, -0.2) is 35.0 Å². The summed E-state index contributed by atoms with van der Waals surface area (Å²) in [6, 6.07) is 8.38. The van der Waals surface area contributed by atoms with E-state index in [1.807, 2.05) is 0 Å². The first-order valence-electron chi connectivity index (χ1n) is 7.37. The van der Waals surface area contributed by atoms with E-state index in [9.17, 15) is 4.79 Å². The Bertz CT molecular complexity index is 466. The molecule has 2 aliphatic rings. The Morgan fingerprint density at radius 2 is 2.25 bits per heavy atom. The molecule has 0 aliphatic carbocycles. The first-order chi connectivity index (χ1) is 9.78. The van der Waals surface area contributed by atoms with Crippen LogP contribution in [0.4, 0.5) is 0 Å². The van der Waals surface area contributed by atoms with Crippen molar-refractivity contribution in [1.82, 2.24) is 4.90 Å². The molecule has 0 aromatic heterocycles. The standard InChI is InChI=1S/C16H20ClNOS/c17-8-7-12-4-3-9-18(11-12)16(19)15-10-13-5-1-2-6-14(13)20-15/h1-2,5-6,12,15H,3-4,7-11H2. The van der Waals surface area contributed by atoms with Crippen LogP contribution in [0.25, 0.3) is 0 Å². The molecule has 0 radical (unpaired) electrons. The molecule has 1 saturated heterocycles. The summed E-state index contributed by atoms with van der Waals surface area (Å²) in [7, 11) is 0. The largest absolute Gasteiger partial charge is 0.341 e. The maximum Gasteiger partial charge on any atom is 0.236 e. The summed E-state index contributed by atoms with van der Waals surface area (Å²) in [6.07, 6.45) is 4.26. The zero-order valence-corrected chi connectivity index (χ0v) is 13.1. The van der Waals surface area contributed by atoms with Gasteiger partial charge in [-0.2, -0.15) is 0 Å². The fourth-order valence-electron chi connectivity index (χ4n) is 3.18. The van der Waals surface area contributed by atoms with Crippen LogP contribution in [0, 0.1) is 5.92 Å². The molecule has 0 spiro atoms. The summed E-state index contributed by atoms with van der Waals surface area (Å²) < 4.78 is 0. The minimum absolute atomic E-state index is 0.0853. The molecule has 0 N–H and O–H groups in total. The van der Waals surface area contributed by atoms with Crippen molar-refractivity contribution in [1.29, 1.82) is 0 Å². The fraction of sp³-hybridized carbons (Fsp3) is 0.562. The van der Waals surface area contributed by atoms with E-state index in [-0.39, 0.29) is 5.25 Å². The Morgan fingerprint density at radius 3 is 3.05 bits per heavy atom. The van der Waals surface area contributed by atoms with E-state index in [2.05, 4.69) is 29.2 Å². The summed E-state index contributed by atoms with van der Waals surface area (Å²) in [5.41, 5.74) is 1.32. The minimum Gasteiger partial charge on any atom is -0.341 e. The van der Waals surface area contributed by atoms with Gasteiger partial charge in [0, 0.05) is 23.9 Å². The lowest BCUT2D eigenvalue weighted by molar-refractivity contribution is -0.132. The number of carbonyl (C=O) groups is 1. The van der Waals surface area contributed by atoms with E-state index < -0.39 is 0 Å². The van der Waals surface area contributed by atoms with Crippen molar-refractivity contribution < 1.29 is 4.79 Å². The van der Waals surface area contributed by atoms with Gasteiger partial charge in [0.2, 0.25) is 5.91 Å². The van der Waals surface area contributed by atoms with Crippen LogP contribution in [-0.2, 0) is 11.2 Å². The topological polar surface area (TPSA) is 20.3 Å². The number of hydrogen-bond acceptors (Lipinski definition) is 2. The molecular weight excluding hydrogens is 290 g/mol. The first kappa shape index (κ1) is 14.3. The van der Waals surface area contributed by atoms with Crippen LogP contribution in [0.1, 0.15) is 24.8 Å². The monoisotopic (exact) mass is 309 g/mol. The van der Waals surface area contributed by atoms with Crippen molar-refractivity contribution in [2.45, 2.75) is 35.8 Å². The van der Waals surface area contributed by atoms with Crippen molar-refractivity contribution in [3.8, 4) is 0 Å². The predicted molar refractivity (Wildman–Crippen MR) is 84.4 cm³/mol. The summed E-state index contributed by atoms with van der Waals surface area (Å²) >= 11 is 7.58. The van der Waals surface area contributed by atoms with Crippen LogP contribution >= 0.6 is 23.4 Å². The molecule has 0 saturated carbocycles. The third-order valence-electron chi connectivity index (χ3n) is 4.27. The number of hydrogen-bond donors (Lipinski definition) is 0. The number of likely N-dealkylation sites (tertiary alicyclic amines) is 1. The molecule has 2 unspecified atom stereocenters. The number of carbonyl (C=O) groups excluding carboxylic acids is 1. The Labute approximate surface area is 129 Å². The fourth-order valence-corrected chi connectivity index (χ4v) is 4.77. The highest BCUT2D eigenvalue weighted by Crippen LogP contribution is 2.38. The molecule has 2 heterocycles. The van der Waals surface area contributed by atoms with E-state index in [1.54, 1.807) is 11.8 Å². The number of alkyl halides is 1. The van der Waals surface area contributed by atoms with Gasteiger partial charge in [0.1, 0.15) is 0 Å². The van der Waals surface area contributed by atoms with Gasteiger partial charge in [0.05, 0.1) is 5.25 Å². The second-order valence-corrected chi connectivity index (χ2v) is 7.31. The number of piperidine rings is 1. The number of thioether (sulfide) groups is 1. The molecule has 4 heteroatoms. The Morgan fingerprint density at radius 1 is 1.40 bits per heavy atom. The van der Waals surface area contributed by atoms with Gasteiger partial charge < -0.3 is 4.90 Å². The molecule has 20 heavy (non-hydrogen) atoms. The molecule has 1 aromatic carbocycles. The SMILES string of the molecule is O=C(C1Cc2ccccc2S1)N1CCCC(CCCl)C1. The molecule has 108 valence electrons. The quantitative estimate of drug-likeness (QED) is 0.796. The van der Waals surface area contributed by atoms with Crippen LogP contribution in [0.15, 0.2) is 29.2 Å². The lowest BCUT2D eigenvalue weighted by atomic mass is 9.95. The molecule has 0 bridgehead atoms. The highest BCUT2D eigenvalue weighted by Gasteiger charge is 2.33.